The zero-order chi connectivity index (χ0) is 19.9. The molecule has 0 heterocycles. The highest BCUT2D eigenvalue weighted by Crippen LogP contribution is 2.36. The van der Waals surface area contributed by atoms with E-state index in [0.29, 0.717) is 11.4 Å². The van der Waals surface area contributed by atoms with E-state index in [-0.39, 0.29) is 11.8 Å². The van der Waals surface area contributed by atoms with Crippen LogP contribution in [0.3, 0.4) is 0 Å². The summed E-state index contributed by atoms with van der Waals surface area (Å²) in [6.07, 6.45) is 0. The normalized spacial score (nSPS) is 11.5. The van der Waals surface area contributed by atoms with E-state index < -0.39 is 5.25 Å². The van der Waals surface area contributed by atoms with Crippen molar-refractivity contribution in [2.75, 3.05) is 10.6 Å². The fourth-order valence-corrected chi connectivity index (χ4v) is 3.88. The third-order valence-corrected chi connectivity index (χ3v) is 5.51. The summed E-state index contributed by atoms with van der Waals surface area (Å²) in [6, 6.07) is 25.1. The van der Waals surface area contributed by atoms with Crippen molar-refractivity contribution < 1.29 is 9.59 Å². The van der Waals surface area contributed by atoms with Gasteiger partial charge in [0.05, 0.1) is 0 Å². The Kier molecular flexibility index (Phi) is 6.50. The predicted octanol–water partition coefficient (Wildman–Crippen LogP) is 5.43. The fourth-order valence-electron chi connectivity index (χ4n) is 2.83. The van der Waals surface area contributed by atoms with Gasteiger partial charge in [0.2, 0.25) is 11.8 Å². The molecule has 5 heteroatoms. The van der Waals surface area contributed by atoms with Crippen LogP contribution in [0.5, 0.6) is 0 Å². The van der Waals surface area contributed by atoms with Crippen LogP contribution in [0.4, 0.5) is 11.4 Å². The number of thioether (sulfide) groups is 1. The molecular formula is C23H22N2O2S. The summed E-state index contributed by atoms with van der Waals surface area (Å²) < 4.78 is 0. The molecule has 0 fully saturated rings. The second-order valence-corrected chi connectivity index (χ2v) is 7.55. The molecule has 3 aromatic carbocycles. The second kappa shape index (κ2) is 9.24. The lowest BCUT2D eigenvalue weighted by Gasteiger charge is -2.19. The quantitative estimate of drug-likeness (QED) is 0.552. The Bertz CT molecular complexity index is 959. The van der Waals surface area contributed by atoms with Gasteiger partial charge in [0.15, 0.2) is 0 Å². The van der Waals surface area contributed by atoms with Gasteiger partial charge in [0.1, 0.15) is 5.25 Å². The summed E-state index contributed by atoms with van der Waals surface area (Å²) in [5.41, 5.74) is 3.13. The highest BCUT2D eigenvalue weighted by Gasteiger charge is 2.23. The molecule has 2 N–H and O–H groups in total. The van der Waals surface area contributed by atoms with Crippen molar-refractivity contribution in [3.63, 3.8) is 0 Å². The average molecular weight is 391 g/mol. The number of hydrogen-bond acceptors (Lipinski definition) is 3. The number of benzene rings is 3. The van der Waals surface area contributed by atoms with Crippen molar-refractivity contribution in [3.05, 3.63) is 90.0 Å². The van der Waals surface area contributed by atoms with Crippen LogP contribution in [0.2, 0.25) is 0 Å². The Morgan fingerprint density at radius 2 is 1.36 bits per heavy atom. The van der Waals surface area contributed by atoms with E-state index in [2.05, 4.69) is 10.6 Å². The number of anilines is 2. The second-order valence-electron chi connectivity index (χ2n) is 6.37. The smallest absolute Gasteiger partial charge is 0.242 e. The highest BCUT2D eigenvalue weighted by molar-refractivity contribution is 8.00. The average Bonchev–Trinajstić information content (AvgIpc) is 2.70. The number of rotatable bonds is 6. The Balaban J connectivity index is 1.87. The molecule has 28 heavy (non-hydrogen) atoms. The Labute approximate surface area is 169 Å². The molecule has 1 unspecified atom stereocenters. The SMILES string of the molecule is CC(=O)Nc1cccc(NC(=O)C(Sc2ccccc2)c2ccccc2)c1C. The van der Waals surface area contributed by atoms with E-state index in [1.54, 1.807) is 0 Å². The molecular weight excluding hydrogens is 368 g/mol. The monoisotopic (exact) mass is 390 g/mol. The van der Waals surface area contributed by atoms with Crippen LogP contribution >= 0.6 is 11.8 Å². The van der Waals surface area contributed by atoms with Gasteiger partial charge in [-0.05, 0) is 42.3 Å². The number of hydrogen-bond donors (Lipinski definition) is 2. The molecule has 142 valence electrons. The van der Waals surface area contributed by atoms with Crippen LogP contribution in [0, 0.1) is 6.92 Å². The van der Waals surface area contributed by atoms with Gasteiger partial charge in [-0.15, -0.1) is 11.8 Å². The van der Waals surface area contributed by atoms with Crippen molar-refractivity contribution in [2.24, 2.45) is 0 Å². The molecule has 0 saturated heterocycles. The number of carbonyl (C=O) groups excluding carboxylic acids is 2. The molecule has 0 aliphatic heterocycles. The fraction of sp³-hybridized carbons (Fsp3) is 0.130. The molecule has 2 amide bonds. The third-order valence-electron chi connectivity index (χ3n) is 4.24. The molecule has 3 aromatic rings. The van der Waals surface area contributed by atoms with Gasteiger partial charge in [0, 0.05) is 23.2 Å². The van der Waals surface area contributed by atoms with E-state index in [1.807, 2.05) is 85.8 Å². The molecule has 0 aromatic heterocycles. The molecule has 0 aliphatic rings. The minimum absolute atomic E-state index is 0.108. The van der Waals surface area contributed by atoms with Gasteiger partial charge in [0.25, 0.3) is 0 Å². The largest absolute Gasteiger partial charge is 0.326 e. The Morgan fingerprint density at radius 3 is 1.96 bits per heavy atom. The molecule has 4 nitrogen and oxygen atoms in total. The lowest BCUT2D eigenvalue weighted by Crippen LogP contribution is -2.20. The molecule has 0 radical (unpaired) electrons. The maximum absolute atomic E-state index is 13.2. The van der Waals surface area contributed by atoms with E-state index >= 15 is 0 Å². The first-order valence-corrected chi connectivity index (χ1v) is 9.87. The van der Waals surface area contributed by atoms with E-state index in [9.17, 15) is 9.59 Å². The van der Waals surface area contributed by atoms with Crippen LogP contribution < -0.4 is 10.6 Å². The van der Waals surface area contributed by atoms with Crippen molar-refractivity contribution >= 4 is 35.0 Å². The topological polar surface area (TPSA) is 58.2 Å². The van der Waals surface area contributed by atoms with Crippen LogP contribution in [-0.2, 0) is 9.59 Å². The summed E-state index contributed by atoms with van der Waals surface area (Å²) in [5, 5.41) is 5.43. The first kappa shape index (κ1) is 19.7. The van der Waals surface area contributed by atoms with E-state index in [1.165, 1.54) is 18.7 Å². The van der Waals surface area contributed by atoms with Crippen LogP contribution in [0.1, 0.15) is 23.3 Å². The zero-order valence-electron chi connectivity index (χ0n) is 15.8. The summed E-state index contributed by atoms with van der Waals surface area (Å²) in [6.45, 7) is 3.34. The van der Waals surface area contributed by atoms with E-state index in [0.717, 1.165) is 16.0 Å². The molecule has 3 rings (SSSR count). The summed E-state index contributed by atoms with van der Waals surface area (Å²) >= 11 is 1.51. The van der Waals surface area contributed by atoms with Gasteiger partial charge in [-0.2, -0.15) is 0 Å². The highest BCUT2D eigenvalue weighted by atomic mass is 32.2. The van der Waals surface area contributed by atoms with Crippen molar-refractivity contribution in [3.8, 4) is 0 Å². The minimum atomic E-state index is -0.396. The number of amides is 2. The molecule has 0 spiro atoms. The predicted molar refractivity (Wildman–Crippen MR) is 116 cm³/mol. The Morgan fingerprint density at radius 1 is 0.786 bits per heavy atom. The first-order chi connectivity index (χ1) is 13.5. The van der Waals surface area contributed by atoms with Crippen LogP contribution in [0.15, 0.2) is 83.8 Å². The Hall–Kier alpha value is -3.05. The maximum atomic E-state index is 13.2. The van der Waals surface area contributed by atoms with Gasteiger partial charge < -0.3 is 10.6 Å². The van der Waals surface area contributed by atoms with Crippen molar-refractivity contribution in [1.82, 2.24) is 0 Å². The van der Waals surface area contributed by atoms with Gasteiger partial charge in [-0.3, -0.25) is 9.59 Å². The lowest BCUT2D eigenvalue weighted by molar-refractivity contribution is -0.116. The first-order valence-electron chi connectivity index (χ1n) is 8.99. The minimum Gasteiger partial charge on any atom is -0.326 e. The van der Waals surface area contributed by atoms with Crippen LogP contribution in [-0.4, -0.2) is 11.8 Å². The molecule has 0 saturated carbocycles. The number of nitrogens with one attached hydrogen (secondary N) is 2. The third kappa shape index (κ3) is 5.02. The van der Waals surface area contributed by atoms with Gasteiger partial charge >= 0.3 is 0 Å². The standard InChI is InChI=1S/C23H22N2O2S/c1-16-20(24-17(2)26)14-9-15-21(16)25-23(27)22(18-10-5-3-6-11-18)28-19-12-7-4-8-13-19/h3-15,22H,1-2H3,(H,24,26)(H,25,27). The maximum Gasteiger partial charge on any atom is 0.242 e. The summed E-state index contributed by atoms with van der Waals surface area (Å²) in [4.78, 5) is 25.6. The zero-order valence-corrected chi connectivity index (χ0v) is 16.6. The summed E-state index contributed by atoms with van der Waals surface area (Å²) in [5.74, 6) is -0.253. The lowest BCUT2D eigenvalue weighted by atomic mass is 10.1. The summed E-state index contributed by atoms with van der Waals surface area (Å²) in [7, 11) is 0. The molecule has 1 atom stereocenters. The number of carbonyl (C=O) groups is 2. The van der Waals surface area contributed by atoms with Crippen molar-refractivity contribution in [1.29, 1.82) is 0 Å². The molecule has 0 bridgehead atoms. The van der Waals surface area contributed by atoms with Gasteiger partial charge in [-0.1, -0.05) is 54.6 Å². The van der Waals surface area contributed by atoms with E-state index in [4.69, 9.17) is 0 Å². The van der Waals surface area contributed by atoms with Crippen molar-refractivity contribution in [2.45, 2.75) is 24.0 Å². The van der Waals surface area contributed by atoms with Gasteiger partial charge in [-0.25, -0.2) is 0 Å². The van der Waals surface area contributed by atoms with Crippen LogP contribution in [0.25, 0.3) is 0 Å². The molecule has 0 aliphatic carbocycles.